The summed E-state index contributed by atoms with van der Waals surface area (Å²) >= 11 is 0. The standard InChI is InChI=1S/C23H21N5O2/c29-23-20(15-24-18-6-7-21(25-14-18)28-8-10-30-11-9-28)19-12-17(13-26-22(19)27-23)16-4-2-1-3-5-16/h1-7,12-15,24H,8-11H2,(H,26,27,29)/b20-15-. The Morgan fingerprint density at radius 1 is 1.00 bits per heavy atom. The summed E-state index contributed by atoms with van der Waals surface area (Å²) in [4.78, 5) is 23.6. The van der Waals surface area contributed by atoms with E-state index in [9.17, 15) is 4.79 Å². The zero-order valence-corrected chi connectivity index (χ0v) is 16.3. The van der Waals surface area contributed by atoms with E-state index in [2.05, 4.69) is 25.5 Å². The van der Waals surface area contributed by atoms with Gasteiger partial charge in [0, 0.05) is 36.6 Å². The number of benzene rings is 1. The van der Waals surface area contributed by atoms with Gasteiger partial charge in [0.15, 0.2) is 0 Å². The highest BCUT2D eigenvalue weighted by molar-refractivity contribution is 6.31. The van der Waals surface area contributed by atoms with Crippen LogP contribution >= 0.6 is 0 Å². The Labute approximate surface area is 174 Å². The molecule has 0 aliphatic carbocycles. The number of morpholine rings is 1. The number of fused-ring (bicyclic) bond motifs is 1. The van der Waals surface area contributed by atoms with Gasteiger partial charge in [0.1, 0.15) is 11.6 Å². The van der Waals surface area contributed by atoms with Crippen LogP contribution in [0.3, 0.4) is 0 Å². The fourth-order valence-electron chi connectivity index (χ4n) is 3.61. The number of pyridine rings is 2. The van der Waals surface area contributed by atoms with Gasteiger partial charge in [-0.2, -0.15) is 0 Å². The van der Waals surface area contributed by atoms with Crippen molar-refractivity contribution in [2.24, 2.45) is 0 Å². The molecule has 0 spiro atoms. The number of ether oxygens (including phenoxy) is 1. The molecule has 0 bridgehead atoms. The van der Waals surface area contributed by atoms with Gasteiger partial charge in [-0.05, 0) is 23.8 Å². The normalized spacial score (nSPS) is 17.0. The van der Waals surface area contributed by atoms with Crippen molar-refractivity contribution in [1.82, 2.24) is 9.97 Å². The second-order valence-electron chi connectivity index (χ2n) is 7.15. The second kappa shape index (κ2) is 7.96. The molecule has 0 atom stereocenters. The lowest BCUT2D eigenvalue weighted by Crippen LogP contribution is -2.36. The van der Waals surface area contributed by atoms with Crippen molar-refractivity contribution in [3.63, 3.8) is 0 Å². The summed E-state index contributed by atoms with van der Waals surface area (Å²) in [5.74, 6) is 1.33. The molecular formula is C23H21N5O2. The minimum Gasteiger partial charge on any atom is -0.378 e. The maximum Gasteiger partial charge on any atom is 0.259 e. The van der Waals surface area contributed by atoms with Gasteiger partial charge in [-0.3, -0.25) is 4.79 Å². The lowest BCUT2D eigenvalue weighted by Gasteiger charge is -2.27. The third kappa shape index (κ3) is 3.62. The first-order valence-corrected chi connectivity index (χ1v) is 9.90. The smallest absolute Gasteiger partial charge is 0.259 e. The highest BCUT2D eigenvalue weighted by Crippen LogP contribution is 2.33. The zero-order valence-electron chi connectivity index (χ0n) is 16.3. The Morgan fingerprint density at radius 3 is 2.60 bits per heavy atom. The minimum absolute atomic E-state index is 0.173. The van der Waals surface area contributed by atoms with Crippen LogP contribution < -0.4 is 15.5 Å². The monoisotopic (exact) mass is 399 g/mol. The number of amides is 1. The van der Waals surface area contributed by atoms with Crippen LogP contribution in [-0.2, 0) is 9.53 Å². The average molecular weight is 399 g/mol. The van der Waals surface area contributed by atoms with Gasteiger partial charge < -0.3 is 20.3 Å². The number of rotatable bonds is 4. The number of nitrogens with one attached hydrogen (secondary N) is 2. The van der Waals surface area contributed by atoms with E-state index in [4.69, 9.17) is 4.74 Å². The molecule has 2 aliphatic rings. The van der Waals surface area contributed by atoms with Crippen molar-refractivity contribution in [3.8, 4) is 11.1 Å². The van der Waals surface area contributed by atoms with Crippen LogP contribution in [0.4, 0.5) is 17.3 Å². The quantitative estimate of drug-likeness (QED) is 0.655. The molecule has 3 aromatic rings. The Hall–Kier alpha value is -3.71. The number of hydrogen-bond acceptors (Lipinski definition) is 6. The summed E-state index contributed by atoms with van der Waals surface area (Å²) in [5, 5.41) is 6.01. The summed E-state index contributed by atoms with van der Waals surface area (Å²) in [6.07, 6.45) is 5.26. The molecule has 1 saturated heterocycles. The Bertz CT molecular complexity index is 1090. The number of hydrogen-bond donors (Lipinski definition) is 2. The van der Waals surface area contributed by atoms with Gasteiger partial charge >= 0.3 is 0 Å². The molecule has 0 unspecified atom stereocenters. The molecule has 150 valence electrons. The van der Waals surface area contributed by atoms with E-state index in [0.717, 1.165) is 54.5 Å². The lowest BCUT2D eigenvalue weighted by molar-refractivity contribution is -0.110. The van der Waals surface area contributed by atoms with Gasteiger partial charge in [-0.1, -0.05) is 30.3 Å². The topological polar surface area (TPSA) is 79.4 Å². The van der Waals surface area contributed by atoms with Crippen LogP contribution in [0.5, 0.6) is 0 Å². The molecule has 7 heteroatoms. The largest absolute Gasteiger partial charge is 0.378 e. The third-order valence-electron chi connectivity index (χ3n) is 5.23. The molecule has 0 saturated carbocycles. The summed E-state index contributed by atoms with van der Waals surface area (Å²) in [7, 11) is 0. The summed E-state index contributed by atoms with van der Waals surface area (Å²) < 4.78 is 5.38. The van der Waals surface area contributed by atoms with E-state index in [1.165, 1.54) is 0 Å². The van der Waals surface area contributed by atoms with Crippen molar-refractivity contribution in [3.05, 3.63) is 72.7 Å². The fourth-order valence-corrected chi connectivity index (χ4v) is 3.61. The molecule has 1 amide bonds. The maximum absolute atomic E-state index is 12.5. The van der Waals surface area contributed by atoms with Gasteiger partial charge in [-0.25, -0.2) is 9.97 Å². The maximum atomic E-state index is 12.5. The number of nitrogens with zero attached hydrogens (tertiary/aromatic N) is 3. The average Bonchev–Trinajstić information content (AvgIpc) is 3.13. The number of carbonyl (C=O) groups excluding carboxylic acids is 1. The molecule has 30 heavy (non-hydrogen) atoms. The van der Waals surface area contributed by atoms with Crippen LogP contribution in [-0.4, -0.2) is 42.2 Å². The van der Waals surface area contributed by atoms with E-state index in [1.807, 2.05) is 48.5 Å². The number of anilines is 3. The van der Waals surface area contributed by atoms with Gasteiger partial charge in [0.05, 0.1) is 30.7 Å². The lowest BCUT2D eigenvalue weighted by atomic mass is 10.0. The van der Waals surface area contributed by atoms with Crippen molar-refractivity contribution < 1.29 is 9.53 Å². The van der Waals surface area contributed by atoms with Gasteiger partial charge in [-0.15, -0.1) is 0 Å². The number of carbonyl (C=O) groups is 1. The Kier molecular flexibility index (Phi) is 4.86. The summed E-state index contributed by atoms with van der Waals surface area (Å²) in [6, 6.07) is 15.9. The van der Waals surface area contributed by atoms with E-state index >= 15 is 0 Å². The first-order chi connectivity index (χ1) is 14.8. The van der Waals surface area contributed by atoms with Crippen LogP contribution in [0.25, 0.3) is 16.7 Å². The minimum atomic E-state index is -0.173. The van der Waals surface area contributed by atoms with Crippen molar-refractivity contribution in [2.45, 2.75) is 0 Å². The molecule has 1 aromatic carbocycles. The molecule has 2 N–H and O–H groups in total. The molecule has 5 rings (SSSR count). The first-order valence-electron chi connectivity index (χ1n) is 9.90. The van der Waals surface area contributed by atoms with Gasteiger partial charge in [0.2, 0.25) is 0 Å². The van der Waals surface area contributed by atoms with Crippen LogP contribution in [0.1, 0.15) is 5.56 Å². The fraction of sp³-hybridized carbons (Fsp3) is 0.174. The highest BCUT2D eigenvalue weighted by Gasteiger charge is 2.26. The Morgan fingerprint density at radius 2 is 1.83 bits per heavy atom. The third-order valence-corrected chi connectivity index (χ3v) is 5.23. The van der Waals surface area contributed by atoms with Gasteiger partial charge in [0.25, 0.3) is 5.91 Å². The molecule has 2 aromatic heterocycles. The molecule has 0 radical (unpaired) electrons. The molecule has 4 heterocycles. The molecule has 1 fully saturated rings. The van der Waals surface area contributed by atoms with E-state index in [-0.39, 0.29) is 5.91 Å². The predicted molar refractivity (Wildman–Crippen MR) is 117 cm³/mol. The van der Waals surface area contributed by atoms with E-state index in [1.54, 1.807) is 18.6 Å². The Balaban J connectivity index is 1.36. The van der Waals surface area contributed by atoms with Crippen LogP contribution in [0, 0.1) is 0 Å². The molecule has 2 aliphatic heterocycles. The summed E-state index contributed by atoms with van der Waals surface area (Å²) in [6.45, 7) is 3.14. The SMILES string of the molecule is O=C1Nc2ncc(-c3ccccc3)cc2/C1=C/Nc1ccc(N2CCOCC2)nc1. The van der Waals surface area contributed by atoms with Crippen molar-refractivity contribution >= 4 is 28.8 Å². The highest BCUT2D eigenvalue weighted by atomic mass is 16.5. The zero-order chi connectivity index (χ0) is 20.3. The van der Waals surface area contributed by atoms with Crippen molar-refractivity contribution in [2.75, 3.05) is 41.8 Å². The number of aromatic nitrogens is 2. The second-order valence-corrected chi connectivity index (χ2v) is 7.15. The van der Waals surface area contributed by atoms with E-state index in [0.29, 0.717) is 11.4 Å². The van der Waals surface area contributed by atoms with E-state index < -0.39 is 0 Å². The molecular weight excluding hydrogens is 378 g/mol. The van der Waals surface area contributed by atoms with Crippen LogP contribution in [0.2, 0.25) is 0 Å². The molecule has 7 nitrogen and oxygen atoms in total. The van der Waals surface area contributed by atoms with Crippen molar-refractivity contribution in [1.29, 1.82) is 0 Å². The van der Waals surface area contributed by atoms with Crippen LogP contribution in [0.15, 0.2) is 67.1 Å². The summed E-state index contributed by atoms with van der Waals surface area (Å²) in [5.41, 5.74) is 4.17. The first kappa shape index (κ1) is 18.3. The predicted octanol–water partition coefficient (Wildman–Crippen LogP) is 3.39.